The Bertz CT molecular complexity index is 1000. The summed E-state index contributed by atoms with van der Waals surface area (Å²) in [5, 5.41) is 0. The van der Waals surface area contributed by atoms with Crippen molar-refractivity contribution in [2.24, 2.45) is 11.8 Å². The highest BCUT2D eigenvalue weighted by Gasteiger charge is 2.17. The Balaban J connectivity index is 1.21. The van der Waals surface area contributed by atoms with Crippen LogP contribution in [0.15, 0.2) is 60.7 Å². The summed E-state index contributed by atoms with van der Waals surface area (Å²) in [4.78, 5) is 0. The van der Waals surface area contributed by atoms with E-state index in [0.717, 1.165) is 11.8 Å². The highest BCUT2D eigenvalue weighted by Crippen LogP contribution is 2.35. The maximum Gasteiger partial charge on any atom is -0.0184 e. The quantitative estimate of drug-likeness (QED) is 0.192. The van der Waals surface area contributed by atoms with Gasteiger partial charge in [-0.15, -0.1) is 0 Å². The molecule has 0 spiro atoms. The molecule has 212 valence electrons. The van der Waals surface area contributed by atoms with Gasteiger partial charge in [-0.25, -0.2) is 0 Å². The van der Waals surface area contributed by atoms with E-state index in [-0.39, 0.29) is 0 Å². The minimum Gasteiger partial charge on any atom is -0.0804 e. The molecular weight excluding hydrogens is 468 g/mol. The van der Waals surface area contributed by atoms with Gasteiger partial charge >= 0.3 is 0 Å². The van der Waals surface area contributed by atoms with Crippen LogP contribution >= 0.6 is 0 Å². The highest BCUT2D eigenvalue weighted by molar-refractivity contribution is 5.73. The van der Waals surface area contributed by atoms with Crippen LogP contribution < -0.4 is 0 Å². The summed E-state index contributed by atoms with van der Waals surface area (Å²) in [6, 6.07) is 18.7. The Morgan fingerprint density at radius 2 is 0.821 bits per heavy atom. The van der Waals surface area contributed by atoms with Crippen molar-refractivity contribution in [3.63, 3.8) is 0 Å². The summed E-state index contributed by atoms with van der Waals surface area (Å²) >= 11 is 0. The second-order valence-corrected chi connectivity index (χ2v) is 12.7. The molecule has 0 radical (unpaired) electrons. The molecule has 2 aliphatic rings. The monoisotopic (exact) mass is 524 g/mol. The van der Waals surface area contributed by atoms with Gasteiger partial charge in [0.25, 0.3) is 0 Å². The van der Waals surface area contributed by atoms with Crippen LogP contribution in [0.2, 0.25) is 0 Å². The third-order valence-electron chi connectivity index (χ3n) is 9.57. The lowest BCUT2D eigenvalue weighted by molar-refractivity contribution is 0.422. The number of hydrogen-bond acceptors (Lipinski definition) is 0. The van der Waals surface area contributed by atoms with E-state index in [9.17, 15) is 0 Å². The van der Waals surface area contributed by atoms with Crippen molar-refractivity contribution in [1.29, 1.82) is 0 Å². The van der Waals surface area contributed by atoms with Gasteiger partial charge in [0, 0.05) is 0 Å². The number of hydrogen-bond donors (Lipinski definition) is 0. The summed E-state index contributed by atoms with van der Waals surface area (Å²) in [6.07, 6.45) is 31.3. The second kappa shape index (κ2) is 16.9. The lowest BCUT2D eigenvalue weighted by Crippen LogP contribution is -2.05. The fourth-order valence-electron chi connectivity index (χ4n) is 6.83. The number of rotatable bonds is 16. The molecule has 0 amide bonds. The van der Waals surface area contributed by atoms with Crippen LogP contribution in [0.4, 0.5) is 0 Å². The minimum atomic E-state index is 0.915. The average Bonchev–Trinajstić information content (AvgIpc) is 3.00. The molecule has 0 saturated heterocycles. The Hall–Kier alpha value is -2.08. The van der Waals surface area contributed by atoms with Crippen LogP contribution in [0.5, 0.6) is 0 Å². The van der Waals surface area contributed by atoms with Crippen molar-refractivity contribution < 1.29 is 0 Å². The maximum absolute atomic E-state index is 2.55. The van der Waals surface area contributed by atoms with E-state index in [0.29, 0.717) is 0 Å². The topological polar surface area (TPSA) is 0 Å². The molecule has 0 N–H and O–H groups in total. The third-order valence-corrected chi connectivity index (χ3v) is 9.57. The van der Waals surface area contributed by atoms with Gasteiger partial charge in [-0.2, -0.15) is 0 Å². The molecule has 2 aliphatic carbocycles. The van der Waals surface area contributed by atoms with Crippen LogP contribution in [0.3, 0.4) is 0 Å². The Morgan fingerprint density at radius 1 is 0.462 bits per heavy atom. The smallest absolute Gasteiger partial charge is 0.0184 e. The first-order valence-corrected chi connectivity index (χ1v) is 16.9. The SMILES string of the molecule is CCCCCCCCCC1CC=C(c2ccc(-c3ccc(C4=CCC(CCCCCC)CC4)cc3)cc2)CC1. The van der Waals surface area contributed by atoms with Gasteiger partial charge in [-0.3, -0.25) is 0 Å². The van der Waals surface area contributed by atoms with E-state index in [2.05, 4.69) is 74.5 Å². The first-order valence-electron chi connectivity index (χ1n) is 16.9. The first kappa shape index (κ1) is 29.9. The summed E-state index contributed by atoms with van der Waals surface area (Å²) in [5.41, 5.74) is 8.67. The summed E-state index contributed by atoms with van der Waals surface area (Å²) in [6.45, 7) is 4.61. The zero-order valence-corrected chi connectivity index (χ0v) is 25.4. The Labute approximate surface area is 241 Å². The number of benzene rings is 2. The van der Waals surface area contributed by atoms with E-state index in [1.165, 1.54) is 144 Å². The maximum atomic E-state index is 2.55. The highest BCUT2D eigenvalue weighted by atomic mass is 14.2. The summed E-state index contributed by atoms with van der Waals surface area (Å²) < 4.78 is 0. The molecule has 0 heterocycles. The van der Waals surface area contributed by atoms with Crippen LogP contribution in [-0.2, 0) is 0 Å². The predicted molar refractivity (Wildman–Crippen MR) is 174 cm³/mol. The fourth-order valence-corrected chi connectivity index (χ4v) is 6.83. The van der Waals surface area contributed by atoms with Crippen molar-refractivity contribution in [3.05, 3.63) is 71.8 Å². The molecule has 0 saturated carbocycles. The van der Waals surface area contributed by atoms with Crippen LogP contribution in [-0.4, -0.2) is 0 Å². The molecule has 2 unspecified atom stereocenters. The molecule has 39 heavy (non-hydrogen) atoms. The molecule has 0 nitrogen and oxygen atoms in total. The van der Waals surface area contributed by atoms with E-state index in [1.807, 2.05) is 0 Å². The molecule has 0 aliphatic heterocycles. The van der Waals surface area contributed by atoms with Gasteiger partial charge in [-0.1, -0.05) is 158 Å². The van der Waals surface area contributed by atoms with Crippen molar-refractivity contribution in [2.75, 3.05) is 0 Å². The lowest BCUT2D eigenvalue weighted by atomic mass is 9.83. The zero-order chi connectivity index (χ0) is 27.1. The summed E-state index contributed by atoms with van der Waals surface area (Å²) in [5.74, 6) is 1.83. The van der Waals surface area contributed by atoms with Gasteiger partial charge in [0.15, 0.2) is 0 Å². The molecule has 0 heteroatoms. The van der Waals surface area contributed by atoms with Crippen LogP contribution in [0.1, 0.15) is 147 Å². The predicted octanol–water partition coefficient (Wildman–Crippen LogP) is 12.8. The van der Waals surface area contributed by atoms with Gasteiger partial charge in [-0.05, 0) is 83.8 Å². The molecule has 4 rings (SSSR count). The van der Waals surface area contributed by atoms with Crippen molar-refractivity contribution in [3.8, 4) is 11.1 Å². The largest absolute Gasteiger partial charge is 0.0804 e. The molecule has 2 atom stereocenters. The van der Waals surface area contributed by atoms with Crippen LogP contribution in [0, 0.1) is 11.8 Å². The van der Waals surface area contributed by atoms with Gasteiger partial charge in [0.05, 0.1) is 0 Å². The summed E-state index contributed by atoms with van der Waals surface area (Å²) in [7, 11) is 0. The molecule has 2 aromatic rings. The van der Waals surface area contributed by atoms with E-state index >= 15 is 0 Å². The number of allylic oxidation sites excluding steroid dienone is 4. The first-order chi connectivity index (χ1) is 19.3. The fraction of sp³-hybridized carbons (Fsp3) is 0.590. The molecule has 0 aromatic heterocycles. The minimum absolute atomic E-state index is 0.915. The van der Waals surface area contributed by atoms with Crippen molar-refractivity contribution in [1.82, 2.24) is 0 Å². The lowest BCUT2D eigenvalue weighted by Gasteiger charge is -2.22. The average molecular weight is 525 g/mol. The van der Waals surface area contributed by atoms with E-state index in [1.54, 1.807) is 11.1 Å². The molecule has 2 aromatic carbocycles. The normalized spacial score (nSPS) is 19.5. The Kier molecular flexibility index (Phi) is 12.9. The molecule has 0 bridgehead atoms. The number of unbranched alkanes of at least 4 members (excludes halogenated alkanes) is 9. The van der Waals surface area contributed by atoms with Gasteiger partial charge < -0.3 is 0 Å². The van der Waals surface area contributed by atoms with Gasteiger partial charge in [0.1, 0.15) is 0 Å². The van der Waals surface area contributed by atoms with Gasteiger partial charge in [0.2, 0.25) is 0 Å². The molecular formula is C39H56. The van der Waals surface area contributed by atoms with E-state index < -0.39 is 0 Å². The van der Waals surface area contributed by atoms with E-state index in [4.69, 9.17) is 0 Å². The standard InChI is InChI=1S/C39H56/c1-3-5-7-9-10-11-13-15-33-18-22-35(23-19-33)37-26-30-39(31-27-37)38-28-24-36(25-29-38)34-20-16-32(17-21-34)14-12-8-6-4-2/h20,22,24-33H,3-19,21,23H2,1-2H3. The second-order valence-electron chi connectivity index (χ2n) is 12.7. The van der Waals surface area contributed by atoms with Crippen LogP contribution in [0.25, 0.3) is 22.3 Å². The van der Waals surface area contributed by atoms with Crippen molar-refractivity contribution in [2.45, 2.75) is 136 Å². The zero-order valence-electron chi connectivity index (χ0n) is 25.4. The molecule has 0 fully saturated rings. The van der Waals surface area contributed by atoms with Crippen molar-refractivity contribution >= 4 is 11.1 Å². The third kappa shape index (κ3) is 9.81. The Morgan fingerprint density at radius 3 is 1.21 bits per heavy atom.